The molecule has 1 aliphatic heterocycles. The second kappa shape index (κ2) is 9.82. The van der Waals surface area contributed by atoms with Gasteiger partial charge in [0.1, 0.15) is 5.69 Å². The van der Waals surface area contributed by atoms with Gasteiger partial charge in [0, 0.05) is 60.8 Å². The molecule has 0 atom stereocenters. The summed E-state index contributed by atoms with van der Waals surface area (Å²) in [4.78, 5) is 28.6. The number of carbonyl (C=O) groups is 1. The molecular formula is C27H24F3N5O3. The van der Waals surface area contributed by atoms with E-state index in [0.717, 1.165) is 44.0 Å². The Morgan fingerprint density at radius 1 is 0.895 bits per heavy atom. The Morgan fingerprint density at radius 3 is 2.13 bits per heavy atom. The number of anilines is 2. The molecule has 1 aliphatic rings. The first kappa shape index (κ1) is 25.3. The van der Waals surface area contributed by atoms with Crippen LogP contribution in [0.1, 0.15) is 16.1 Å². The van der Waals surface area contributed by atoms with E-state index in [1.54, 1.807) is 12.1 Å². The minimum Gasteiger partial charge on any atom is -0.369 e. The Labute approximate surface area is 216 Å². The molecule has 0 bridgehead atoms. The third kappa shape index (κ3) is 5.05. The van der Waals surface area contributed by atoms with E-state index in [2.05, 4.69) is 22.2 Å². The first-order chi connectivity index (χ1) is 18.1. The van der Waals surface area contributed by atoms with Gasteiger partial charge in [0.15, 0.2) is 0 Å². The van der Waals surface area contributed by atoms with Crippen molar-refractivity contribution in [1.29, 1.82) is 0 Å². The largest absolute Gasteiger partial charge is 0.416 e. The number of likely N-dealkylation sites (N-methyl/N-ethyl adjacent to an activating group) is 1. The highest BCUT2D eigenvalue weighted by molar-refractivity contribution is 6.07. The molecule has 8 nitrogen and oxygen atoms in total. The number of piperazine rings is 1. The van der Waals surface area contributed by atoms with E-state index in [1.807, 2.05) is 12.1 Å². The molecule has 0 spiro atoms. The monoisotopic (exact) mass is 523 g/mol. The number of nitrogens with one attached hydrogen (secondary N) is 1. The van der Waals surface area contributed by atoms with Crippen LogP contribution in [-0.4, -0.2) is 53.5 Å². The van der Waals surface area contributed by atoms with Crippen LogP contribution >= 0.6 is 0 Å². The average Bonchev–Trinajstić information content (AvgIpc) is 3.28. The molecule has 0 radical (unpaired) electrons. The molecule has 1 fully saturated rings. The van der Waals surface area contributed by atoms with Crippen molar-refractivity contribution in [2.75, 3.05) is 43.4 Å². The number of halogens is 3. The molecule has 1 saturated heterocycles. The number of hydrogen-bond donors (Lipinski definition) is 1. The van der Waals surface area contributed by atoms with Crippen molar-refractivity contribution >= 4 is 33.9 Å². The molecule has 0 saturated carbocycles. The summed E-state index contributed by atoms with van der Waals surface area (Å²) in [6, 6.07) is 17.4. The second-order valence-electron chi connectivity index (χ2n) is 9.20. The van der Waals surface area contributed by atoms with Gasteiger partial charge in [-0.05, 0) is 67.7 Å². The van der Waals surface area contributed by atoms with Gasteiger partial charge < -0.3 is 19.7 Å². The van der Waals surface area contributed by atoms with Crippen LogP contribution in [0.15, 0.2) is 72.8 Å². The Hall–Kier alpha value is -4.38. The molecule has 1 N–H and O–H groups in total. The molecular weight excluding hydrogens is 499 g/mol. The summed E-state index contributed by atoms with van der Waals surface area (Å²) in [7, 11) is 2.08. The maximum Gasteiger partial charge on any atom is 0.416 e. The number of benzene rings is 3. The first-order valence-corrected chi connectivity index (χ1v) is 11.9. The average molecular weight is 524 g/mol. The number of non-ortho nitro benzene ring substituents is 1. The highest BCUT2D eigenvalue weighted by Gasteiger charge is 2.30. The third-order valence-electron chi connectivity index (χ3n) is 6.68. The van der Waals surface area contributed by atoms with E-state index < -0.39 is 22.6 Å². The fourth-order valence-electron chi connectivity index (χ4n) is 4.58. The smallest absolute Gasteiger partial charge is 0.369 e. The predicted octanol–water partition coefficient (Wildman–Crippen LogP) is 5.56. The lowest BCUT2D eigenvalue weighted by Gasteiger charge is -2.34. The van der Waals surface area contributed by atoms with E-state index >= 15 is 0 Å². The molecule has 1 amide bonds. The first-order valence-electron chi connectivity index (χ1n) is 11.9. The number of fused-ring (bicyclic) bond motifs is 1. The zero-order chi connectivity index (χ0) is 27.0. The lowest BCUT2D eigenvalue weighted by molar-refractivity contribution is -0.384. The number of nitro groups is 1. The quantitative estimate of drug-likeness (QED) is 0.274. The highest BCUT2D eigenvalue weighted by Crippen LogP contribution is 2.32. The molecule has 11 heteroatoms. The van der Waals surface area contributed by atoms with Gasteiger partial charge in [-0.25, -0.2) is 0 Å². The van der Waals surface area contributed by atoms with Crippen LogP contribution in [0.5, 0.6) is 0 Å². The molecule has 0 aliphatic carbocycles. The van der Waals surface area contributed by atoms with Crippen molar-refractivity contribution in [2.24, 2.45) is 0 Å². The third-order valence-corrected chi connectivity index (χ3v) is 6.68. The lowest BCUT2D eigenvalue weighted by Crippen LogP contribution is -2.44. The summed E-state index contributed by atoms with van der Waals surface area (Å²) in [6.45, 7) is 3.74. The molecule has 0 unspecified atom stereocenters. The van der Waals surface area contributed by atoms with Crippen molar-refractivity contribution in [1.82, 2.24) is 9.47 Å². The van der Waals surface area contributed by atoms with Gasteiger partial charge in [0.25, 0.3) is 11.6 Å². The van der Waals surface area contributed by atoms with Gasteiger partial charge in [-0.3, -0.25) is 14.9 Å². The lowest BCUT2D eigenvalue weighted by atomic mass is 10.2. The number of hydrogen-bond acceptors (Lipinski definition) is 5. The molecule has 4 aromatic rings. The van der Waals surface area contributed by atoms with Gasteiger partial charge in [0.2, 0.25) is 0 Å². The standard InChI is InChI=1S/C27H24F3N5O3/c1-32-12-14-33(15-13-32)21-8-4-20(5-9-21)31-26(36)25-17-18-16-23(35(37)38)10-11-24(18)34(25)22-6-2-19(3-7-22)27(28,29)30/h2-11,16-17H,12-15H2,1H3,(H,31,36). The fraction of sp³-hybridized carbons (Fsp3) is 0.222. The van der Waals surface area contributed by atoms with E-state index in [0.29, 0.717) is 22.3 Å². The van der Waals surface area contributed by atoms with Crippen molar-refractivity contribution in [3.05, 3.63) is 94.2 Å². The second-order valence-corrected chi connectivity index (χ2v) is 9.20. The van der Waals surface area contributed by atoms with Crippen LogP contribution in [0.4, 0.5) is 30.2 Å². The Kier molecular flexibility index (Phi) is 6.53. The minimum atomic E-state index is -4.51. The summed E-state index contributed by atoms with van der Waals surface area (Å²) in [6.07, 6.45) is -4.51. The normalized spacial score (nSPS) is 14.6. The topological polar surface area (TPSA) is 83.7 Å². The summed E-state index contributed by atoms with van der Waals surface area (Å²) in [5, 5.41) is 14.5. The number of rotatable bonds is 5. The van der Waals surface area contributed by atoms with Gasteiger partial charge in [0.05, 0.1) is 16.0 Å². The number of amides is 1. The van der Waals surface area contributed by atoms with Crippen molar-refractivity contribution < 1.29 is 22.9 Å². The van der Waals surface area contributed by atoms with Crippen LogP contribution < -0.4 is 10.2 Å². The minimum absolute atomic E-state index is 0.128. The van der Waals surface area contributed by atoms with Crippen molar-refractivity contribution in [2.45, 2.75) is 6.18 Å². The molecule has 5 rings (SSSR count). The van der Waals surface area contributed by atoms with Gasteiger partial charge in [-0.2, -0.15) is 13.2 Å². The maximum atomic E-state index is 13.4. The van der Waals surface area contributed by atoms with Crippen LogP contribution in [0.25, 0.3) is 16.6 Å². The summed E-state index contributed by atoms with van der Waals surface area (Å²) in [5.74, 6) is -0.504. The van der Waals surface area contributed by atoms with Gasteiger partial charge in [-0.1, -0.05) is 0 Å². The maximum absolute atomic E-state index is 13.4. The van der Waals surface area contributed by atoms with Gasteiger partial charge >= 0.3 is 6.18 Å². The van der Waals surface area contributed by atoms with E-state index in [9.17, 15) is 28.1 Å². The van der Waals surface area contributed by atoms with Crippen molar-refractivity contribution in [3.63, 3.8) is 0 Å². The fourth-order valence-corrected chi connectivity index (χ4v) is 4.58. The van der Waals surface area contributed by atoms with E-state index in [4.69, 9.17) is 0 Å². The van der Waals surface area contributed by atoms with Gasteiger partial charge in [-0.15, -0.1) is 0 Å². The number of aromatic nitrogens is 1. The summed E-state index contributed by atoms with van der Waals surface area (Å²) in [5.41, 5.74) is 1.51. The molecule has 1 aromatic heterocycles. The van der Waals surface area contributed by atoms with E-state index in [-0.39, 0.29) is 11.4 Å². The number of carbonyl (C=O) groups excluding carboxylic acids is 1. The van der Waals surface area contributed by atoms with Crippen LogP contribution in [-0.2, 0) is 6.18 Å². The van der Waals surface area contributed by atoms with Crippen LogP contribution in [0.3, 0.4) is 0 Å². The summed E-state index contributed by atoms with van der Waals surface area (Å²) >= 11 is 0. The number of nitrogens with zero attached hydrogens (tertiary/aromatic N) is 4. The van der Waals surface area contributed by atoms with Crippen LogP contribution in [0.2, 0.25) is 0 Å². The zero-order valence-electron chi connectivity index (χ0n) is 20.4. The Balaban J connectivity index is 1.47. The zero-order valence-corrected chi connectivity index (χ0v) is 20.4. The Morgan fingerprint density at radius 2 is 1.53 bits per heavy atom. The van der Waals surface area contributed by atoms with E-state index in [1.165, 1.54) is 41.0 Å². The van der Waals surface area contributed by atoms with Crippen molar-refractivity contribution in [3.8, 4) is 5.69 Å². The predicted molar refractivity (Wildman–Crippen MR) is 139 cm³/mol. The molecule has 3 aromatic carbocycles. The van der Waals surface area contributed by atoms with Crippen LogP contribution in [0, 0.1) is 10.1 Å². The molecule has 2 heterocycles. The highest BCUT2D eigenvalue weighted by atomic mass is 19.4. The molecule has 38 heavy (non-hydrogen) atoms. The summed E-state index contributed by atoms with van der Waals surface area (Å²) < 4.78 is 40.8. The SMILES string of the molecule is CN1CCN(c2ccc(NC(=O)c3cc4cc([N+](=O)[O-])ccc4n3-c3ccc(C(F)(F)F)cc3)cc2)CC1. The molecule has 196 valence electrons. The number of nitro benzene ring substituents is 1. The Bertz CT molecular complexity index is 1490. The number of alkyl halides is 3.